The highest BCUT2D eigenvalue weighted by atomic mass is 31.2. The van der Waals surface area contributed by atoms with Crippen LogP contribution in [0.15, 0.2) is 0 Å². The lowest BCUT2D eigenvalue weighted by Gasteiger charge is -2.41. The molecule has 0 aromatic rings. The first-order valence-electron chi connectivity index (χ1n) is 6.49. The quantitative estimate of drug-likeness (QED) is 0.442. The van der Waals surface area contributed by atoms with Crippen LogP contribution in [0.25, 0.3) is 0 Å². The van der Waals surface area contributed by atoms with Gasteiger partial charge in [0.15, 0.2) is 0 Å². The van der Waals surface area contributed by atoms with Crippen LogP contribution in [0, 0.1) is 11.8 Å². The third-order valence-corrected chi connectivity index (χ3v) is 4.02. The molecule has 17 heavy (non-hydrogen) atoms. The second kappa shape index (κ2) is 8.39. The average molecular weight is 264 g/mol. The zero-order valence-corrected chi connectivity index (χ0v) is 12.5. The summed E-state index contributed by atoms with van der Waals surface area (Å²) in [5.41, 5.74) is 10.6. The topological polar surface area (TPSA) is 81.5 Å². The maximum Gasteiger partial charge on any atom is 0.250 e. The van der Waals surface area contributed by atoms with E-state index in [1.165, 1.54) is 0 Å². The van der Waals surface area contributed by atoms with Gasteiger partial charge in [-0.25, -0.2) is 0 Å². The fraction of sp³-hybridized carbons (Fsp3) is 1.00. The molecule has 0 spiro atoms. The molecule has 0 saturated carbocycles. The normalized spacial score (nSPS) is 14.6. The Morgan fingerprint density at radius 1 is 1.12 bits per heavy atom. The summed E-state index contributed by atoms with van der Waals surface area (Å²) in [6.07, 6.45) is 4.15. The molecule has 5 heteroatoms. The molecule has 0 aliphatic rings. The van der Waals surface area contributed by atoms with E-state index in [9.17, 15) is 4.89 Å². The molecule has 0 saturated heterocycles. The highest BCUT2D eigenvalue weighted by Crippen LogP contribution is 2.43. The molecule has 0 aromatic carbocycles. The molecule has 0 heterocycles. The molecule has 1 unspecified atom stereocenters. The van der Waals surface area contributed by atoms with Gasteiger partial charge in [0, 0.05) is 0 Å². The second-order valence-electron chi connectivity index (χ2n) is 5.26. The van der Waals surface area contributed by atoms with E-state index in [1.54, 1.807) is 0 Å². The van der Waals surface area contributed by atoms with Gasteiger partial charge in [0.2, 0.25) is 0 Å². The van der Waals surface area contributed by atoms with Crippen LogP contribution in [0.5, 0.6) is 0 Å². The van der Waals surface area contributed by atoms with Crippen molar-refractivity contribution in [1.29, 1.82) is 0 Å². The van der Waals surface area contributed by atoms with Gasteiger partial charge in [-0.2, -0.15) is 0 Å². The highest BCUT2D eigenvalue weighted by Gasteiger charge is 2.39. The lowest BCUT2D eigenvalue weighted by molar-refractivity contribution is -0.0290. The Morgan fingerprint density at radius 2 is 1.65 bits per heavy atom. The molecule has 0 aliphatic heterocycles. The Balaban J connectivity index is 4.56. The Hall–Kier alpha value is 0.270. The third kappa shape index (κ3) is 5.62. The standard InChI is InChI=1S/C12H29N2O2P/c1-10(2)12(11(3)4,16-17(14)15)8-6-5-7-9-13/h10-11,15H,5-9,13-14H2,1-4H3. The number of rotatable bonds is 9. The summed E-state index contributed by atoms with van der Waals surface area (Å²) in [6, 6.07) is 0. The summed E-state index contributed by atoms with van der Waals surface area (Å²) >= 11 is 0. The van der Waals surface area contributed by atoms with Gasteiger partial charge in [-0.15, -0.1) is 0 Å². The van der Waals surface area contributed by atoms with Gasteiger partial charge in [-0.3, -0.25) is 5.50 Å². The van der Waals surface area contributed by atoms with Crippen molar-refractivity contribution in [3.8, 4) is 0 Å². The predicted octanol–water partition coefficient (Wildman–Crippen LogP) is 2.75. The number of hydrogen-bond acceptors (Lipinski definition) is 4. The summed E-state index contributed by atoms with van der Waals surface area (Å²) in [6.45, 7) is 9.24. The minimum atomic E-state index is -1.80. The third-order valence-electron chi connectivity index (χ3n) is 3.49. The first-order chi connectivity index (χ1) is 7.86. The van der Waals surface area contributed by atoms with Crippen LogP contribution in [0.2, 0.25) is 0 Å². The molecule has 0 radical (unpaired) electrons. The van der Waals surface area contributed by atoms with E-state index in [1.807, 2.05) is 0 Å². The van der Waals surface area contributed by atoms with Crippen LogP contribution < -0.4 is 11.2 Å². The lowest BCUT2D eigenvalue weighted by atomic mass is 9.77. The van der Waals surface area contributed by atoms with Gasteiger partial charge in [0.25, 0.3) is 8.53 Å². The van der Waals surface area contributed by atoms with Crippen LogP contribution in [0.1, 0.15) is 53.4 Å². The van der Waals surface area contributed by atoms with Crippen molar-refractivity contribution < 1.29 is 9.42 Å². The van der Waals surface area contributed by atoms with Crippen LogP contribution in [-0.4, -0.2) is 17.0 Å². The van der Waals surface area contributed by atoms with Gasteiger partial charge >= 0.3 is 0 Å². The van der Waals surface area contributed by atoms with Crippen molar-refractivity contribution in [2.75, 3.05) is 6.54 Å². The molecular weight excluding hydrogens is 235 g/mol. The fourth-order valence-corrected chi connectivity index (χ4v) is 3.26. The van der Waals surface area contributed by atoms with Crippen molar-refractivity contribution in [2.24, 2.45) is 23.1 Å². The van der Waals surface area contributed by atoms with E-state index >= 15 is 0 Å². The molecule has 0 aromatic heterocycles. The molecule has 0 bridgehead atoms. The summed E-state index contributed by atoms with van der Waals surface area (Å²) in [4.78, 5) is 9.39. The molecule has 5 N–H and O–H groups in total. The molecule has 1 atom stereocenters. The van der Waals surface area contributed by atoms with E-state index in [0.29, 0.717) is 11.8 Å². The monoisotopic (exact) mass is 264 g/mol. The van der Waals surface area contributed by atoms with Gasteiger partial charge in [-0.05, 0) is 31.2 Å². The summed E-state index contributed by atoms with van der Waals surface area (Å²) in [5, 5.41) is 0. The molecule has 0 rings (SSSR count). The Labute approximate surface area is 107 Å². The molecule has 4 nitrogen and oxygen atoms in total. The Morgan fingerprint density at radius 3 is 2.00 bits per heavy atom. The van der Waals surface area contributed by atoms with E-state index in [-0.39, 0.29) is 5.60 Å². The SMILES string of the molecule is CC(C)C(CCCCCN)(OP(N)O)C(C)C. The van der Waals surface area contributed by atoms with Crippen LogP contribution in [0.3, 0.4) is 0 Å². The zero-order valence-electron chi connectivity index (χ0n) is 11.6. The molecule has 0 aliphatic carbocycles. The maximum atomic E-state index is 9.39. The summed E-state index contributed by atoms with van der Waals surface area (Å²) in [5.74, 6) is 0.669. The van der Waals surface area contributed by atoms with Crippen LogP contribution >= 0.6 is 8.53 Å². The summed E-state index contributed by atoms with van der Waals surface area (Å²) < 4.78 is 5.71. The number of hydrogen-bond donors (Lipinski definition) is 3. The highest BCUT2D eigenvalue weighted by molar-refractivity contribution is 7.43. The van der Waals surface area contributed by atoms with E-state index in [4.69, 9.17) is 15.8 Å². The van der Waals surface area contributed by atoms with Crippen molar-refractivity contribution in [1.82, 2.24) is 0 Å². The van der Waals surface area contributed by atoms with Gasteiger partial charge in [0.05, 0.1) is 5.60 Å². The molecule has 104 valence electrons. The van der Waals surface area contributed by atoms with Gasteiger partial charge in [-0.1, -0.05) is 40.5 Å². The van der Waals surface area contributed by atoms with Crippen molar-refractivity contribution >= 4 is 8.53 Å². The molecular formula is C12H29N2O2P. The fourth-order valence-electron chi connectivity index (χ4n) is 2.40. The Bertz CT molecular complexity index is 191. The first kappa shape index (κ1) is 17.3. The average Bonchev–Trinajstić information content (AvgIpc) is 2.21. The first-order valence-corrected chi connectivity index (χ1v) is 7.77. The van der Waals surface area contributed by atoms with Crippen molar-refractivity contribution in [3.05, 3.63) is 0 Å². The van der Waals surface area contributed by atoms with Crippen LogP contribution in [0.4, 0.5) is 0 Å². The van der Waals surface area contributed by atoms with Crippen molar-refractivity contribution in [3.63, 3.8) is 0 Å². The minimum absolute atomic E-state index is 0.316. The maximum absolute atomic E-state index is 9.39. The van der Waals surface area contributed by atoms with Gasteiger partial charge in [0.1, 0.15) is 0 Å². The lowest BCUT2D eigenvalue weighted by Crippen LogP contribution is -2.43. The van der Waals surface area contributed by atoms with E-state index < -0.39 is 8.53 Å². The summed E-state index contributed by atoms with van der Waals surface area (Å²) in [7, 11) is -1.80. The Kier molecular flexibility index (Phi) is 8.52. The van der Waals surface area contributed by atoms with Gasteiger partial charge < -0.3 is 15.2 Å². The van der Waals surface area contributed by atoms with Crippen molar-refractivity contribution in [2.45, 2.75) is 59.0 Å². The van der Waals surface area contributed by atoms with E-state index in [2.05, 4.69) is 27.7 Å². The number of nitrogens with two attached hydrogens (primary N) is 2. The minimum Gasteiger partial charge on any atom is -0.338 e. The smallest absolute Gasteiger partial charge is 0.250 e. The predicted molar refractivity (Wildman–Crippen MR) is 74.3 cm³/mol. The molecule has 0 fully saturated rings. The number of unbranched alkanes of at least 4 members (excludes halogenated alkanes) is 2. The zero-order chi connectivity index (χ0) is 13.5. The largest absolute Gasteiger partial charge is 0.338 e. The molecule has 0 amide bonds. The van der Waals surface area contributed by atoms with E-state index in [0.717, 1.165) is 32.2 Å². The van der Waals surface area contributed by atoms with Crippen LogP contribution in [-0.2, 0) is 4.52 Å². The second-order valence-corrected chi connectivity index (χ2v) is 6.05.